The fourth-order valence-electron chi connectivity index (χ4n) is 1.38. The monoisotopic (exact) mass is 229 g/mol. The molecule has 0 aliphatic rings. The predicted molar refractivity (Wildman–Crippen MR) is 68.5 cm³/mol. The van der Waals surface area contributed by atoms with Crippen LogP contribution in [0.3, 0.4) is 0 Å². The maximum atomic E-state index is 11.7. The third-order valence-corrected chi connectivity index (χ3v) is 3.06. The van der Waals surface area contributed by atoms with E-state index in [-0.39, 0.29) is 5.78 Å². The fraction of sp³-hybridized carbons (Fsp3) is 0. The van der Waals surface area contributed by atoms with Gasteiger partial charge in [0.25, 0.3) is 0 Å². The molecule has 0 saturated heterocycles. The number of carbonyl (C=O) groups excluding carboxylic acids is 1. The van der Waals surface area contributed by atoms with E-state index >= 15 is 0 Å². The molecule has 0 unspecified atom stereocenters. The fourth-order valence-corrected chi connectivity index (χ4v) is 2.02. The molecule has 0 saturated carbocycles. The Morgan fingerprint density at radius 1 is 1.38 bits per heavy atom. The van der Waals surface area contributed by atoms with Gasteiger partial charge in [0.2, 0.25) is 0 Å². The summed E-state index contributed by atoms with van der Waals surface area (Å²) in [6.07, 6.45) is 6.97. The molecule has 3 heteroatoms. The number of aromatic nitrogens is 1. The number of allylic oxidation sites excluding steroid dienone is 1. The Labute approximate surface area is 98.2 Å². The summed E-state index contributed by atoms with van der Waals surface area (Å²) in [5, 5.41) is 1.90. The number of nitrogens with zero attached hydrogens (tertiary/aromatic N) is 1. The summed E-state index contributed by atoms with van der Waals surface area (Å²) in [7, 11) is 0. The molecule has 2 aromatic rings. The first-order valence-corrected chi connectivity index (χ1v) is 5.74. The van der Waals surface area contributed by atoms with Gasteiger partial charge in [-0.05, 0) is 35.7 Å². The lowest BCUT2D eigenvalue weighted by molar-refractivity contribution is 0.105. The molecule has 16 heavy (non-hydrogen) atoms. The van der Waals surface area contributed by atoms with E-state index in [1.54, 1.807) is 18.4 Å². The van der Waals surface area contributed by atoms with Gasteiger partial charge in [-0.25, -0.2) is 0 Å². The van der Waals surface area contributed by atoms with Gasteiger partial charge in [0.05, 0.1) is 4.88 Å². The molecule has 0 aromatic carbocycles. The normalized spacial score (nSPS) is 10.8. The highest BCUT2D eigenvalue weighted by Gasteiger charge is 2.01. The third-order valence-electron chi connectivity index (χ3n) is 2.18. The average Bonchev–Trinajstić information content (AvgIpc) is 2.96. The first-order chi connectivity index (χ1) is 7.81. The van der Waals surface area contributed by atoms with E-state index in [1.165, 1.54) is 11.3 Å². The number of ketones is 1. The van der Waals surface area contributed by atoms with Crippen LogP contribution in [0.1, 0.15) is 15.4 Å². The topological polar surface area (TPSA) is 22.0 Å². The zero-order valence-electron chi connectivity index (χ0n) is 8.67. The largest absolute Gasteiger partial charge is 0.324 e. The van der Waals surface area contributed by atoms with Crippen LogP contribution in [0.2, 0.25) is 0 Å². The molecule has 0 spiro atoms. The Kier molecular flexibility index (Phi) is 3.17. The van der Waals surface area contributed by atoms with Crippen LogP contribution < -0.4 is 0 Å². The lowest BCUT2D eigenvalue weighted by Gasteiger charge is -1.96. The minimum absolute atomic E-state index is 0.0341. The highest BCUT2D eigenvalue weighted by molar-refractivity contribution is 7.12. The van der Waals surface area contributed by atoms with Gasteiger partial charge in [-0.1, -0.05) is 12.6 Å². The Bertz CT molecular complexity index is 520. The molecule has 2 rings (SSSR count). The predicted octanol–water partition coefficient (Wildman–Crippen LogP) is 3.55. The molecular weight excluding hydrogens is 218 g/mol. The van der Waals surface area contributed by atoms with Crippen LogP contribution in [-0.4, -0.2) is 10.4 Å². The number of thiophene rings is 1. The van der Waals surface area contributed by atoms with Crippen molar-refractivity contribution < 1.29 is 4.79 Å². The second-order valence-corrected chi connectivity index (χ2v) is 4.15. The van der Waals surface area contributed by atoms with Crippen molar-refractivity contribution in [2.75, 3.05) is 0 Å². The number of rotatable bonds is 4. The minimum Gasteiger partial charge on any atom is -0.324 e. The summed E-state index contributed by atoms with van der Waals surface area (Å²) in [6, 6.07) is 7.54. The van der Waals surface area contributed by atoms with Crippen molar-refractivity contribution in [3.63, 3.8) is 0 Å². The maximum Gasteiger partial charge on any atom is 0.195 e. The minimum atomic E-state index is 0.0341. The Hall–Kier alpha value is -1.87. The van der Waals surface area contributed by atoms with Gasteiger partial charge in [-0.3, -0.25) is 4.79 Å². The van der Waals surface area contributed by atoms with Crippen molar-refractivity contribution in [1.82, 2.24) is 4.57 Å². The van der Waals surface area contributed by atoms with Gasteiger partial charge in [0, 0.05) is 18.1 Å². The SMILES string of the molecule is C=Cn1cccc1C=CC(=O)c1cccs1. The molecule has 0 amide bonds. The van der Waals surface area contributed by atoms with Crippen molar-refractivity contribution in [2.24, 2.45) is 0 Å². The zero-order valence-corrected chi connectivity index (χ0v) is 9.48. The van der Waals surface area contributed by atoms with Crippen LogP contribution in [0.4, 0.5) is 0 Å². The molecule has 80 valence electrons. The average molecular weight is 229 g/mol. The van der Waals surface area contributed by atoms with Gasteiger partial charge in [0.1, 0.15) is 0 Å². The first-order valence-electron chi connectivity index (χ1n) is 4.86. The molecule has 0 radical (unpaired) electrons. The molecule has 0 atom stereocenters. The van der Waals surface area contributed by atoms with Crippen molar-refractivity contribution in [3.8, 4) is 0 Å². The molecule has 2 heterocycles. The number of carbonyl (C=O) groups is 1. The molecule has 0 aliphatic carbocycles. The summed E-state index contributed by atoms with van der Waals surface area (Å²) >= 11 is 1.45. The van der Waals surface area contributed by atoms with Crippen molar-refractivity contribution in [3.05, 3.63) is 59.1 Å². The Morgan fingerprint density at radius 3 is 2.94 bits per heavy atom. The van der Waals surface area contributed by atoms with Crippen molar-refractivity contribution in [1.29, 1.82) is 0 Å². The smallest absolute Gasteiger partial charge is 0.195 e. The molecule has 2 aromatic heterocycles. The van der Waals surface area contributed by atoms with E-state index in [0.717, 1.165) is 10.6 Å². The van der Waals surface area contributed by atoms with Gasteiger partial charge >= 0.3 is 0 Å². The van der Waals surface area contributed by atoms with Gasteiger partial charge < -0.3 is 4.57 Å². The maximum absolute atomic E-state index is 11.7. The lowest BCUT2D eigenvalue weighted by atomic mass is 10.2. The Morgan fingerprint density at radius 2 is 2.25 bits per heavy atom. The zero-order chi connectivity index (χ0) is 11.4. The van der Waals surface area contributed by atoms with Crippen LogP contribution in [0.5, 0.6) is 0 Å². The Balaban J connectivity index is 2.16. The summed E-state index contributed by atoms with van der Waals surface area (Å²) in [5.74, 6) is 0.0341. The molecular formula is C13H11NOS. The first kappa shape index (κ1) is 10.6. The van der Waals surface area contributed by atoms with Crippen LogP contribution in [0.15, 0.2) is 48.5 Å². The summed E-state index contributed by atoms with van der Waals surface area (Å²) in [5.41, 5.74) is 0.944. The summed E-state index contributed by atoms with van der Waals surface area (Å²) in [6.45, 7) is 3.69. The van der Waals surface area contributed by atoms with E-state index in [1.807, 2.05) is 40.4 Å². The third kappa shape index (κ3) is 2.20. The highest BCUT2D eigenvalue weighted by Crippen LogP contribution is 2.11. The quantitative estimate of drug-likeness (QED) is 0.580. The van der Waals surface area contributed by atoms with E-state index in [4.69, 9.17) is 0 Å². The lowest BCUT2D eigenvalue weighted by Crippen LogP contribution is -1.90. The molecule has 0 aliphatic heterocycles. The van der Waals surface area contributed by atoms with E-state index in [9.17, 15) is 4.79 Å². The van der Waals surface area contributed by atoms with Crippen LogP contribution in [0.25, 0.3) is 12.3 Å². The second-order valence-electron chi connectivity index (χ2n) is 3.20. The molecule has 0 N–H and O–H groups in total. The summed E-state index contributed by atoms with van der Waals surface area (Å²) in [4.78, 5) is 12.4. The van der Waals surface area contributed by atoms with E-state index < -0.39 is 0 Å². The summed E-state index contributed by atoms with van der Waals surface area (Å²) < 4.78 is 1.86. The standard InChI is InChI=1S/C13H11NOS/c1-2-14-9-3-5-11(14)7-8-12(15)13-6-4-10-16-13/h2-10H,1H2. The van der Waals surface area contributed by atoms with Crippen LogP contribution in [-0.2, 0) is 0 Å². The van der Waals surface area contributed by atoms with Gasteiger partial charge in [0.15, 0.2) is 5.78 Å². The van der Waals surface area contributed by atoms with Crippen LogP contribution in [0, 0.1) is 0 Å². The van der Waals surface area contributed by atoms with Gasteiger partial charge in [-0.2, -0.15) is 0 Å². The van der Waals surface area contributed by atoms with Crippen molar-refractivity contribution >= 4 is 29.4 Å². The van der Waals surface area contributed by atoms with E-state index in [2.05, 4.69) is 6.58 Å². The van der Waals surface area contributed by atoms with Crippen molar-refractivity contribution in [2.45, 2.75) is 0 Å². The van der Waals surface area contributed by atoms with Gasteiger partial charge in [-0.15, -0.1) is 11.3 Å². The molecule has 0 fully saturated rings. The number of hydrogen-bond acceptors (Lipinski definition) is 2. The highest BCUT2D eigenvalue weighted by atomic mass is 32.1. The number of hydrogen-bond donors (Lipinski definition) is 0. The molecule has 2 nitrogen and oxygen atoms in total. The van der Waals surface area contributed by atoms with E-state index in [0.29, 0.717) is 0 Å². The van der Waals surface area contributed by atoms with Crippen LogP contribution >= 0.6 is 11.3 Å². The second kappa shape index (κ2) is 4.77. The molecule has 0 bridgehead atoms.